The van der Waals surface area contributed by atoms with Gasteiger partial charge in [0.05, 0.1) is 0 Å². The molecule has 0 aromatic heterocycles. The lowest BCUT2D eigenvalue weighted by atomic mass is 10.2. The monoisotopic (exact) mass is 352 g/mol. The van der Waals surface area contributed by atoms with E-state index in [0.29, 0.717) is 30.8 Å². The van der Waals surface area contributed by atoms with Gasteiger partial charge in [-0.25, -0.2) is 4.79 Å². The van der Waals surface area contributed by atoms with Crippen LogP contribution in [-0.2, 0) is 11.3 Å². The van der Waals surface area contributed by atoms with Gasteiger partial charge in [0.15, 0.2) is 0 Å². The zero-order valence-corrected chi connectivity index (χ0v) is 14.1. The second-order valence-corrected chi connectivity index (χ2v) is 6.13. The Labute approximate surface area is 151 Å². The average molecular weight is 352 g/mol. The van der Waals surface area contributed by atoms with E-state index in [2.05, 4.69) is 10.6 Å². The van der Waals surface area contributed by atoms with Gasteiger partial charge in [0, 0.05) is 24.3 Å². The van der Waals surface area contributed by atoms with Crippen LogP contribution in [0.15, 0.2) is 54.6 Å². The highest BCUT2D eigenvalue weighted by atomic mass is 16.2. The Balaban J connectivity index is 1.53. The summed E-state index contributed by atoms with van der Waals surface area (Å²) in [7, 11) is 0. The molecule has 1 aliphatic heterocycles. The largest absolute Gasteiger partial charge is 0.366 e. The van der Waals surface area contributed by atoms with Crippen LogP contribution in [0.4, 0.5) is 10.5 Å². The number of nitrogens with zero attached hydrogens (tertiary/aromatic N) is 1. The van der Waals surface area contributed by atoms with Crippen molar-refractivity contribution in [2.75, 3.05) is 11.9 Å². The number of primary amides is 1. The van der Waals surface area contributed by atoms with Crippen molar-refractivity contribution >= 4 is 23.5 Å². The van der Waals surface area contributed by atoms with Crippen molar-refractivity contribution < 1.29 is 14.4 Å². The van der Waals surface area contributed by atoms with Crippen molar-refractivity contribution in [2.45, 2.75) is 19.0 Å². The standard InChI is InChI=1S/C19H20N4O3/c20-17(24)14-6-8-15(9-7-14)21-19(26)22-16-10-11-23(18(16)25)12-13-4-2-1-3-5-13/h1-9,16H,10-12H2,(H2,20,24)(H2,21,22,26). The molecule has 0 radical (unpaired) electrons. The quantitative estimate of drug-likeness (QED) is 0.763. The molecule has 0 bridgehead atoms. The first-order valence-corrected chi connectivity index (χ1v) is 8.33. The van der Waals surface area contributed by atoms with Crippen LogP contribution >= 0.6 is 0 Å². The Morgan fingerprint density at radius 2 is 1.77 bits per heavy atom. The number of nitrogens with two attached hydrogens (primary N) is 1. The molecule has 2 aromatic rings. The van der Waals surface area contributed by atoms with Crippen molar-refractivity contribution in [3.63, 3.8) is 0 Å². The summed E-state index contributed by atoms with van der Waals surface area (Å²) in [4.78, 5) is 37.3. The summed E-state index contributed by atoms with van der Waals surface area (Å²) < 4.78 is 0. The molecule has 4 amide bonds. The van der Waals surface area contributed by atoms with Crippen LogP contribution in [0, 0.1) is 0 Å². The molecule has 0 aliphatic carbocycles. The Morgan fingerprint density at radius 1 is 1.08 bits per heavy atom. The zero-order chi connectivity index (χ0) is 18.5. The van der Waals surface area contributed by atoms with Crippen molar-refractivity contribution in [2.24, 2.45) is 5.73 Å². The van der Waals surface area contributed by atoms with Crippen molar-refractivity contribution in [3.05, 3.63) is 65.7 Å². The van der Waals surface area contributed by atoms with Gasteiger partial charge in [0.2, 0.25) is 11.8 Å². The smallest absolute Gasteiger partial charge is 0.319 e. The third-order valence-electron chi connectivity index (χ3n) is 4.25. The maximum atomic E-state index is 12.4. The third-order valence-corrected chi connectivity index (χ3v) is 4.25. The summed E-state index contributed by atoms with van der Waals surface area (Å²) in [5.74, 6) is -0.621. The number of amides is 4. The van der Waals surface area contributed by atoms with Crippen LogP contribution < -0.4 is 16.4 Å². The summed E-state index contributed by atoms with van der Waals surface area (Å²) in [5.41, 5.74) is 7.11. The molecule has 26 heavy (non-hydrogen) atoms. The highest BCUT2D eigenvalue weighted by Gasteiger charge is 2.32. The minimum atomic E-state index is -0.538. The summed E-state index contributed by atoms with van der Waals surface area (Å²) in [6.45, 7) is 1.14. The van der Waals surface area contributed by atoms with E-state index in [9.17, 15) is 14.4 Å². The molecule has 0 spiro atoms. The van der Waals surface area contributed by atoms with Crippen molar-refractivity contribution in [3.8, 4) is 0 Å². The SMILES string of the molecule is NC(=O)c1ccc(NC(=O)NC2CCN(Cc3ccccc3)C2=O)cc1. The first kappa shape index (κ1) is 17.5. The van der Waals surface area contributed by atoms with Crippen LogP contribution in [0.5, 0.6) is 0 Å². The van der Waals surface area contributed by atoms with E-state index in [-0.39, 0.29) is 5.91 Å². The van der Waals surface area contributed by atoms with Crippen molar-refractivity contribution in [1.29, 1.82) is 0 Å². The van der Waals surface area contributed by atoms with Crippen LogP contribution in [0.1, 0.15) is 22.3 Å². The molecule has 1 heterocycles. The second kappa shape index (κ2) is 7.69. The van der Waals surface area contributed by atoms with Gasteiger partial charge in [-0.1, -0.05) is 30.3 Å². The van der Waals surface area contributed by atoms with E-state index in [1.54, 1.807) is 17.0 Å². The zero-order valence-electron chi connectivity index (χ0n) is 14.1. The van der Waals surface area contributed by atoms with E-state index in [0.717, 1.165) is 5.56 Å². The molecule has 4 N–H and O–H groups in total. The Bertz CT molecular complexity index is 805. The van der Waals surface area contributed by atoms with Gasteiger partial charge in [-0.2, -0.15) is 0 Å². The molecule has 7 nitrogen and oxygen atoms in total. The normalized spacial score (nSPS) is 16.4. The van der Waals surface area contributed by atoms with E-state index < -0.39 is 18.0 Å². The molecular formula is C19H20N4O3. The van der Waals surface area contributed by atoms with Gasteiger partial charge in [0.25, 0.3) is 0 Å². The Hall–Kier alpha value is -3.35. The topological polar surface area (TPSA) is 105 Å². The number of benzene rings is 2. The van der Waals surface area contributed by atoms with Gasteiger partial charge in [-0.15, -0.1) is 0 Å². The lowest BCUT2D eigenvalue weighted by Crippen LogP contribution is -2.43. The van der Waals surface area contributed by atoms with Gasteiger partial charge in [0.1, 0.15) is 6.04 Å². The molecular weight excluding hydrogens is 332 g/mol. The number of urea groups is 1. The highest BCUT2D eigenvalue weighted by molar-refractivity contribution is 5.96. The molecule has 3 rings (SSSR count). The predicted octanol–water partition coefficient (Wildman–Crippen LogP) is 1.71. The third kappa shape index (κ3) is 4.18. The molecule has 2 aromatic carbocycles. The molecule has 0 saturated carbocycles. The van der Waals surface area contributed by atoms with Crippen molar-refractivity contribution in [1.82, 2.24) is 10.2 Å². The van der Waals surface area contributed by atoms with E-state index in [4.69, 9.17) is 5.73 Å². The van der Waals surface area contributed by atoms with E-state index >= 15 is 0 Å². The van der Waals surface area contributed by atoms with Gasteiger partial charge in [-0.3, -0.25) is 9.59 Å². The minimum absolute atomic E-state index is 0.0897. The highest BCUT2D eigenvalue weighted by Crippen LogP contribution is 2.15. The lowest BCUT2D eigenvalue weighted by Gasteiger charge is -2.17. The summed E-state index contributed by atoms with van der Waals surface area (Å²) in [6, 6.07) is 15.0. The van der Waals surface area contributed by atoms with Crippen LogP contribution in [0.3, 0.4) is 0 Å². The van der Waals surface area contributed by atoms with Crippen LogP contribution in [-0.4, -0.2) is 35.3 Å². The molecule has 134 valence electrons. The van der Waals surface area contributed by atoms with Gasteiger partial charge < -0.3 is 21.3 Å². The second-order valence-electron chi connectivity index (χ2n) is 6.13. The predicted molar refractivity (Wildman–Crippen MR) is 97.4 cm³/mol. The summed E-state index contributed by atoms with van der Waals surface area (Å²) in [6.07, 6.45) is 0.569. The molecule has 7 heteroatoms. The summed E-state index contributed by atoms with van der Waals surface area (Å²) >= 11 is 0. The first-order valence-electron chi connectivity index (χ1n) is 8.33. The number of rotatable bonds is 5. The van der Waals surface area contributed by atoms with E-state index in [1.807, 2.05) is 30.3 Å². The minimum Gasteiger partial charge on any atom is -0.366 e. The number of carbonyl (C=O) groups is 3. The van der Waals surface area contributed by atoms with E-state index in [1.165, 1.54) is 12.1 Å². The summed E-state index contributed by atoms with van der Waals surface area (Å²) in [5, 5.41) is 5.34. The number of likely N-dealkylation sites (tertiary alicyclic amines) is 1. The fraction of sp³-hybridized carbons (Fsp3) is 0.211. The van der Waals surface area contributed by atoms with Gasteiger partial charge >= 0.3 is 6.03 Å². The number of hydrogen-bond acceptors (Lipinski definition) is 3. The number of anilines is 1. The Kier molecular flexibility index (Phi) is 5.17. The number of nitrogens with one attached hydrogen (secondary N) is 2. The Morgan fingerprint density at radius 3 is 2.42 bits per heavy atom. The molecule has 1 saturated heterocycles. The number of carbonyl (C=O) groups excluding carboxylic acids is 3. The maximum Gasteiger partial charge on any atom is 0.319 e. The number of hydrogen-bond donors (Lipinski definition) is 3. The maximum absolute atomic E-state index is 12.4. The first-order chi connectivity index (χ1) is 12.5. The lowest BCUT2D eigenvalue weighted by molar-refractivity contribution is -0.129. The molecule has 1 fully saturated rings. The molecule has 1 atom stereocenters. The fourth-order valence-electron chi connectivity index (χ4n) is 2.88. The molecule has 1 aliphatic rings. The van der Waals surface area contributed by atoms with Gasteiger partial charge in [-0.05, 0) is 36.2 Å². The van der Waals surface area contributed by atoms with Crippen LogP contribution in [0.2, 0.25) is 0 Å². The fourth-order valence-corrected chi connectivity index (χ4v) is 2.88. The molecule has 1 unspecified atom stereocenters. The average Bonchev–Trinajstić information content (AvgIpc) is 2.96. The van der Waals surface area contributed by atoms with Crippen LogP contribution in [0.25, 0.3) is 0 Å².